The van der Waals surface area contributed by atoms with E-state index in [0.717, 1.165) is 33.9 Å². The van der Waals surface area contributed by atoms with Crippen LogP contribution in [0.3, 0.4) is 0 Å². The zero-order valence-electron chi connectivity index (χ0n) is 17.8. The molecule has 9 heteroatoms. The molecule has 0 spiro atoms. The van der Waals surface area contributed by atoms with Crippen LogP contribution >= 0.6 is 0 Å². The lowest BCUT2D eigenvalue weighted by atomic mass is 10.1. The minimum absolute atomic E-state index is 0.0878. The average Bonchev–Trinajstić information content (AvgIpc) is 3.10. The highest BCUT2D eigenvalue weighted by Crippen LogP contribution is 2.31. The van der Waals surface area contributed by atoms with Gasteiger partial charge in [-0.2, -0.15) is 4.31 Å². The quantitative estimate of drug-likeness (QED) is 0.459. The first-order valence-corrected chi connectivity index (χ1v) is 11.9. The van der Waals surface area contributed by atoms with Gasteiger partial charge in [0.15, 0.2) is 0 Å². The summed E-state index contributed by atoms with van der Waals surface area (Å²) in [5.41, 5.74) is 1.73. The molecule has 2 heterocycles. The van der Waals surface area contributed by atoms with Crippen molar-refractivity contribution in [3.8, 4) is 0 Å². The molecule has 1 aromatic heterocycles. The second-order valence-corrected chi connectivity index (χ2v) is 10.0. The number of benzene rings is 3. The van der Waals surface area contributed by atoms with Crippen molar-refractivity contribution in [3.05, 3.63) is 77.9 Å². The van der Waals surface area contributed by atoms with Crippen molar-refractivity contribution < 1.29 is 22.0 Å². The van der Waals surface area contributed by atoms with E-state index in [1.165, 1.54) is 9.21 Å². The SMILES string of the molecule is Cn1c2ccccc2c2cc(S(=O)(=O)N3CCN(C(=O)c4ccc(F)cc4F)CC3)ccc21. The first-order valence-electron chi connectivity index (χ1n) is 10.5. The van der Waals surface area contributed by atoms with Crippen molar-refractivity contribution >= 4 is 37.7 Å². The molecule has 1 fully saturated rings. The third-order valence-electron chi connectivity index (χ3n) is 6.21. The number of rotatable bonds is 3. The predicted octanol–water partition coefficient (Wildman–Crippen LogP) is 3.76. The zero-order valence-corrected chi connectivity index (χ0v) is 18.6. The van der Waals surface area contributed by atoms with Gasteiger partial charge in [0.2, 0.25) is 10.0 Å². The van der Waals surface area contributed by atoms with Gasteiger partial charge in [-0.3, -0.25) is 4.79 Å². The minimum Gasteiger partial charge on any atom is -0.344 e. The summed E-state index contributed by atoms with van der Waals surface area (Å²) < 4.78 is 57.1. The number of piperazine rings is 1. The predicted molar refractivity (Wildman–Crippen MR) is 121 cm³/mol. The number of hydrogen-bond donors (Lipinski definition) is 0. The van der Waals surface area contributed by atoms with E-state index in [4.69, 9.17) is 0 Å². The van der Waals surface area contributed by atoms with Gasteiger partial charge in [-0.15, -0.1) is 0 Å². The van der Waals surface area contributed by atoms with Gasteiger partial charge in [-0.1, -0.05) is 18.2 Å². The molecule has 1 amide bonds. The maximum atomic E-state index is 14.0. The number of para-hydroxylation sites is 1. The summed E-state index contributed by atoms with van der Waals surface area (Å²) >= 11 is 0. The first kappa shape index (κ1) is 21.5. The molecule has 1 aliphatic rings. The third-order valence-corrected chi connectivity index (χ3v) is 8.10. The summed E-state index contributed by atoms with van der Waals surface area (Å²) in [6, 6.07) is 15.7. The highest BCUT2D eigenvalue weighted by atomic mass is 32.2. The van der Waals surface area contributed by atoms with E-state index in [1.807, 2.05) is 35.9 Å². The van der Waals surface area contributed by atoms with Crippen molar-refractivity contribution in [1.29, 1.82) is 0 Å². The lowest BCUT2D eigenvalue weighted by molar-refractivity contribution is 0.0693. The largest absolute Gasteiger partial charge is 0.344 e. The Morgan fingerprint density at radius 3 is 2.27 bits per heavy atom. The molecule has 0 radical (unpaired) electrons. The van der Waals surface area contributed by atoms with Gasteiger partial charge in [-0.25, -0.2) is 17.2 Å². The van der Waals surface area contributed by atoms with Crippen LogP contribution in [0.5, 0.6) is 0 Å². The Balaban J connectivity index is 1.39. The fourth-order valence-electron chi connectivity index (χ4n) is 4.42. The molecular weight excluding hydrogens is 448 g/mol. The average molecular weight is 470 g/mol. The summed E-state index contributed by atoms with van der Waals surface area (Å²) in [7, 11) is -1.83. The Kier molecular flexibility index (Phi) is 5.18. The number of carbonyl (C=O) groups excluding carboxylic acids is 1. The van der Waals surface area contributed by atoms with Gasteiger partial charge in [0, 0.05) is 61.1 Å². The van der Waals surface area contributed by atoms with Crippen molar-refractivity contribution in [1.82, 2.24) is 13.8 Å². The van der Waals surface area contributed by atoms with E-state index in [1.54, 1.807) is 18.2 Å². The summed E-state index contributed by atoms with van der Waals surface area (Å²) in [4.78, 5) is 14.2. The second-order valence-electron chi connectivity index (χ2n) is 8.08. The van der Waals surface area contributed by atoms with Gasteiger partial charge in [-0.05, 0) is 36.4 Å². The van der Waals surface area contributed by atoms with E-state index in [-0.39, 0.29) is 36.6 Å². The van der Waals surface area contributed by atoms with Crippen molar-refractivity contribution in [2.45, 2.75) is 4.90 Å². The van der Waals surface area contributed by atoms with Gasteiger partial charge in [0.05, 0.1) is 10.5 Å². The van der Waals surface area contributed by atoms with Crippen LogP contribution in [0.25, 0.3) is 21.8 Å². The highest BCUT2D eigenvalue weighted by Gasteiger charge is 2.31. The molecule has 170 valence electrons. The molecule has 0 aliphatic carbocycles. The molecular formula is C24H21F2N3O3S. The molecule has 1 saturated heterocycles. The second kappa shape index (κ2) is 7.93. The molecule has 33 heavy (non-hydrogen) atoms. The number of carbonyl (C=O) groups is 1. The van der Waals surface area contributed by atoms with E-state index >= 15 is 0 Å². The Hall–Kier alpha value is -3.30. The lowest BCUT2D eigenvalue weighted by Gasteiger charge is -2.34. The molecule has 0 N–H and O–H groups in total. The Morgan fingerprint density at radius 2 is 1.55 bits per heavy atom. The van der Waals surface area contributed by atoms with E-state index < -0.39 is 27.6 Å². The van der Waals surface area contributed by atoms with Crippen LogP contribution in [-0.4, -0.2) is 54.3 Å². The lowest BCUT2D eigenvalue weighted by Crippen LogP contribution is -2.50. The zero-order chi connectivity index (χ0) is 23.3. The van der Waals surface area contributed by atoms with Crippen molar-refractivity contribution in [3.63, 3.8) is 0 Å². The molecule has 0 bridgehead atoms. The molecule has 0 atom stereocenters. The number of amides is 1. The van der Waals surface area contributed by atoms with Crippen molar-refractivity contribution in [2.24, 2.45) is 7.05 Å². The number of aryl methyl sites for hydroxylation is 1. The highest BCUT2D eigenvalue weighted by molar-refractivity contribution is 7.89. The topological polar surface area (TPSA) is 62.6 Å². The maximum absolute atomic E-state index is 14.0. The third kappa shape index (κ3) is 3.57. The molecule has 5 rings (SSSR count). The van der Waals surface area contributed by atoms with Crippen molar-refractivity contribution in [2.75, 3.05) is 26.2 Å². The summed E-state index contributed by atoms with van der Waals surface area (Å²) in [6.07, 6.45) is 0. The Labute approximate surface area is 189 Å². The van der Waals surface area contributed by atoms with Gasteiger partial charge < -0.3 is 9.47 Å². The van der Waals surface area contributed by atoms with Crippen LogP contribution in [-0.2, 0) is 17.1 Å². The van der Waals surface area contributed by atoms with Crippen LogP contribution < -0.4 is 0 Å². The number of nitrogens with zero attached hydrogens (tertiary/aromatic N) is 3. The summed E-state index contributed by atoms with van der Waals surface area (Å²) in [5, 5.41) is 1.83. The monoisotopic (exact) mass is 469 g/mol. The van der Waals surface area contributed by atoms with E-state index in [0.29, 0.717) is 6.07 Å². The van der Waals surface area contributed by atoms with Crippen LogP contribution in [0.2, 0.25) is 0 Å². The molecule has 1 aliphatic heterocycles. The number of fused-ring (bicyclic) bond motifs is 3. The van der Waals surface area contributed by atoms with Crippen LogP contribution in [0.15, 0.2) is 65.6 Å². The Morgan fingerprint density at radius 1 is 0.848 bits per heavy atom. The number of sulfonamides is 1. The summed E-state index contributed by atoms with van der Waals surface area (Å²) in [6.45, 7) is 0.408. The minimum atomic E-state index is -3.78. The first-order chi connectivity index (χ1) is 15.8. The molecule has 0 unspecified atom stereocenters. The molecule has 4 aromatic rings. The normalized spacial score (nSPS) is 15.4. The van der Waals surface area contributed by atoms with Crippen LogP contribution in [0.4, 0.5) is 8.78 Å². The molecule has 0 saturated carbocycles. The van der Waals surface area contributed by atoms with Crippen LogP contribution in [0.1, 0.15) is 10.4 Å². The standard InChI is InChI=1S/C24H21F2N3O3S/c1-27-22-5-3-2-4-18(22)20-15-17(7-9-23(20)27)33(31,32)29-12-10-28(11-13-29)24(30)19-8-6-16(25)14-21(19)26/h2-9,14-15H,10-13H2,1H3. The maximum Gasteiger partial charge on any atom is 0.256 e. The fraction of sp³-hybridized carbons (Fsp3) is 0.208. The van der Waals surface area contributed by atoms with Gasteiger partial charge >= 0.3 is 0 Å². The van der Waals surface area contributed by atoms with E-state index in [9.17, 15) is 22.0 Å². The van der Waals surface area contributed by atoms with E-state index in [2.05, 4.69) is 0 Å². The van der Waals surface area contributed by atoms with Gasteiger partial charge in [0.1, 0.15) is 11.6 Å². The smallest absolute Gasteiger partial charge is 0.256 e. The number of hydrogen-bond acceptors (Lipinski definition) is 3. The van der Waals surface area contributed by atoms with Crippen LogP contribution in [0, 0.1) is 11.6 Å². The summed E-state index contributed by atoms with van der Waals surface area (Å²) in [5.74, 6) is -2.27. The van der Waals surface area contributed by atoms with Gasteiger partial charge in [0.25, 0.3) is 5.91 Å². The Bertz CT molecular complexity index is 1510. The number of halogens is 2. The fourth-order valence-corrected chi connectivity index (χ4v) is 5.87. The number of aromatic nitrogens is 1. The molecule has 3 aromatic carbocycles. The molecule has 6 nitrogen and oxygen atoms in total.